The second-order valence-electron chi connectivity index (χ2n) is 5.92. The quantitative estimate of drug-likeness (QED) is 0.750. The average molecular weight is 373 g/mol. The molecule has 0 aliphatic heterocycles. The molecule has 132 valence electrons. The topological polar surface area (TPSA) is 67.4 Å². The molecule has 1 aliphatic rings. The molecule has 1 fully saturated rings. The summed E-state index contributed by atoms with van der Waals surface area (Å²) in [6.07, 6.45) is 2.76. The van der Waals surface area contributed by atoms with Crippen molar-refractivity contribution in [3.05, 3.63) is 28.2 Å². The van der Waals surface area contributed by atoms with Crippen LogP contribution >= 0.6 is 23.2 Å². The van der Waals surface area contributed by atoms with Crippen molar-refractivity contribution in [3.8, 4) is 0 Å². The highest BCUT2D eigenvalue weighted by Crippen LogP contribution is 2.33. The van der Waals surface area contributed by atoms with Crippen LogP contribution in [0.5, 0.6) is 0 Å². The summed E-state index contributed by atoms with van der Waals surface area (Å²) >= 11 is 12.2. The van der Waals surface area contributed by atoms with E-state index in [2.05, 4.69) is 10.6 Å². The summed E-state index contributed by atoms with van der Waals surface area (Å²) in [6, 6.07) is 5.10. The molecule has 0 radical (unpaired) electrons. The molecule has 5 nitrogen and oxygen atoms in total. The van der Waals surface area contributed by atoms with Gasteiger partial charge >= 0.3 is 0 Å². The molecule has 1 aliphatic carbocycles. The number of benzene rings is 1. The zero-order chi connectivity index (χ0) is 17.5. The number of hydrogen-bond acceptors (Lipinski definition) is 3. The van der Waals surface area contributed by atoms with E-state index in [0.717, 1.165) is 0 Å². The van der Waals surface area contributed by atoms with E-state index in [0.29, 0.717) is 54.6 Å². The van der Waals surface area contributed by atoms with Gasteiger partial charge in [-0.05, 0) is 37.8 Å². The normalized spacial score (nSPS) is 20.5. The van der Waals surface area contributed by atoms with E-state index in [-0.39, 0.29) is 23.7 Å². The number of methoxy groups -OCH3 is 1. The van der Waals surface area contributed by atoms with Crippen molar-refractivity contribution in [3.63, 3.8) is 0 Å². The minimum Gasteiger partial charge on any atom is -0.383 e. The first-order valence-electron chi connectivity index (χ1n) is 8.04. The van der Waals surface area contributed by atoms with Crippen LogP contribution in [0.1, 0.15) is 25.7 Å². The van der Waals surface area contributed by atoms with Gasteiger partial charge in [0.25, 0.3) is 0 Å². The fraction of sp³-hybridized carbons (Fsp3) is 0.529. The van der Waals surface area contributed by atoms with E-state index in [1.807, 2.05) is 0 Å². The van der Waals surface area contributed by atoms with Gasteiger partial charge in [0.2, 0.25) is 11.8 Å². The second kappa shape index (κ2) is 9.25. The second-order valence-corrected chi connectivity index (χ2v) is 6.73. The molecule has 0 unspecified atom stereocenters. The molecule has 1 saturated carbocycles. The maximum absolute atomic E-state index is 12.4. The van der Waals surface area contributed by atoms with Gasteiger partial charge in [0.1, 0.15) is 0 Å². The Bertz CT molecular complexity index is 567. The zero-order valence-electron chi connectivity index (χ0n) is 13.6. The number of nitrogens with one attached hydrogen (secondary N) is 2. The lowest BCUT2D eigenvalue weighted by molar-refractivity contribution is -0.128. The highest BCUT2D eigenvalue weighted by atomic mass is 35.5. The predicted molar refractivity (Wildman–Crippen MR) is 95.4 cm³/mol. The van der Waals surface area contributed by atoms with Gasteiger partial charge in [-0.1, -0.05) is 29.3 Å². The average Bonchev–Trinajstić information content (AvgIpc) is 2.58. The molecule has 2 amide bonds. The third-order valence-electron chi connectivity index (χ3n) is 4.29. The van der Waals surface area contributed by atoms with E-state index in [1.165, 1.54) is 0 Å². The molecule has 0 aromatic heterocycles. The fourth-order valence-corrected chi connectivity index (χ4v) is 3.37. The van der Waals surface area contributed by atoms with Crippen LogP contribution in [0.15, 0.2) is 18.2 Å². The summed E-state index contributed by atoms with van der Waals surface area (Å²) < 4.78 is 4.91. The highest BCUT2D eigenvalue weighted by Gasteiger charge is 2.30. The summed E-state index contributed by atoms with van der Waals surface area (Å²) in [5, 5.41) is 6.50. The Morgan fingerprint density at radius 3 is 2.17 bits per heavy atom. The summed E-state index contributed by atoms with van der Waals surface area (Å²) in [5.41, 5.74) is 0.449. The first-order chi connectivity index (χ1) is 11.5. The van der Waals surface area contributed by atoms with Crippen molar-refractivity contribution >= 4 is 40.7 Å². The van der Waals surface area contributed by atoms with Gasteiger partial charge in [-0.25, -0.2) is 0 Å². The predicted octanol–water partition coefficient (Wildman–Crippen LogP) is 3.50. The standard InChI is InChI=1S/C17H22Cl2N2O3/c1-24-10-9-20-16(22)11-5-7-12(8-6-11)17(23)21-15-13(18)3-2-4-14(15)19/h2-4,11-12H,5-10H2,1H3,(H,20,22)(H,21,23). The monoisotopic (exact) mass is 372 g/mol. The number of anilines is 1. The molecule has 0 heterocycles. The Labute approximate surface area is 152 Å². The summed E-state index contributed by atoms with van der Waals surface area (Å²) in [6.45, 7) is 1.02. The number of carbonyl (C=O) groups is 2. The Kier molecular flexibility index (Phi) is 7.34. The fourth-order valence-electron chi connectivity index (χ4n) is 2.88. The van der Waals surface area contributed by atoms with Crippen LogP contribution in [-0.2, 0) is 14.3 Å². The SMILES string of the molecule is COCCNC(=O)C1CCC(C(=O)Nc2c(Cl)cccc2Cl)CC1. The Morgan fingerprint density at radius 1 is 1.08 bits per heavy atom. The molecular formula is C17H22Cl2N2O3. The molecule has 0 atom stereocenters. The molecule has 2 N–H and O–H groups in total. The molecule has 0 bridgehead atoms. The smallest absolute Gasteiger partial charge is 0.227 e. The summed E-state index contributed by atoms with van der Waals surface area (Å²) in [7, 11) is 1.60. The van der Waals surface area contributed by atoms with Crippen molar-refractivity contribution in [2.75, 3.05) is 25.6 Å². The maximum atomic E-state index is 12.4. The Hall–Kier alpha value is -1.30. The van der Waals surface area contributed by atoms with Crippen LogP contribution in [0.25, 0.3) is 0 Å². The minimum atomic E-state index is -0.125. The number of rotatable bonds is 6. The van der Waals surface area contributed by atoms with Crippen LogP contribution in [0.4, 0.5) is 5.69 Å². The van der Waals surface area contributed by atoms with Crippen molar-refractivity contribution < 1.29 is 14.3 Å². The van der Waals surface area contributed by atoms with Crippen LogP contribution in [-0.4, -0.2) is 32.1 Å². The number of ether oxygens (including phenoxy) is 1. The molecular weight excluding hydrogens is 351 g/mol. The van der Waals surface area contributed by atoms with E-state index < -0.39 is 0 Å². The number of para-hydroxylation sites is 1. The lowest BCUT2D eigenvalue weighted by Gasteiger charge is -2.27. The van der Waals surface area contributed by atoms with Gasteiger partial charge in [0.15, 0.2) is 0 Å². The first kappa shape index (κ1) is 19.0. The molecule has 2 rings (SSSR count). The minimum absolute atomic E-state index is 0.0326. The number of halogens is 2. The van der Waals surface area contributed by atoms with Gasteiger partial charge in [-0.15, -0.1) is 0 Å². The van der Waals surface area contributed by atoms with Crippen LogP contribution in [0, 0.1) is 11.8 Å². The van der Waals surface area contributed by atoms with Crippen molar-refractivity contribution in [2.45, 2.75) is 25.7 Å². The Morgan fingerprint density at radius 2 is 1.62 bits per heavy atom. The molecule has 0 spiro atoms. The van der Waals surface area contributed by atoms with Gasteiger partial charge in [0, 0.05) is 25.5 Å². The first-order valence-corrected chi connectivity index (χ1v) is 8.80. The van der Waals surface area contributed by atoms with Crippen LogP contribution in [0.2, 0.25) is 10.0 Å². The number of hydrogen-bond donors (Lipinski definition) is 2. The Balaban J connectivity index is 1.83. The van der Waals surface area contributed by atoms with Crippen LogP contribution < -0.4 is 10.6 Å². The van der Waals surface area contributed by atoms with Crippen molar-refractivity contribution in [1.82, 2.24) is 5.32 Å². The summed E-state index contributed by atoms with van der Waals surface area (Å²) in [4.78, 5) is 24.4. The zero-order valence-corrected chi connectivity index (χ0v) is 15.1. The van der Waals surface area contributed by atoms with Gasteiger partial charge in [-0.2, -0.15) is 0 Å². The third-order valence-corrected chi connectivity index (χ3v) is 4.92. The highest BCUT2D eigenvalue weighted by molar-refractivity contribution is 6.39. The van der Waals surface area contributed by atoms with Crippen LogP contribution in [0.3, 0.4) is 0 Å². The molecule has 7 heteroatoms. The third kappa shape index (κ3) is 5.10. The molecule has 1 aromatic rings. The summed E-state index contributed by atoms with van der Waals surface area (Å²) in [5.74, 6) is -0.210. The van der Waals surface area contributed by atoms with E-state index >= 15 is 0 Å². The lowest BCUT2D eigenvalue weighted by Crippen LogP contribution is -2.36. The van der Waals surface area contributed by atoms with Gasteiger partial charge < -0.3 is 15.4 Å². The lowest BCUT2D eigenvalue weighted by atomic mass is 9.81. The molecule has 1 aromatic carbocycles. The number of carbonyl (C=O) groups excluding carboxylic acids is 2. The van der Waals surface area contributed by atoms with E-state index in [4.69, 9.17) is 27.9 Å². The maximum Gasteiger partial charge on any atom is 0.227 e. The van der Waals surface area contributed by atoms with E-state index in [1.54, 1.807) is 25.3 Å². The van der Waals surface area contributed by atoms with Gasteiger partial charge in [-0.3, -0.25) is 9.59 Å². The molecule has 0 saturated heterocycles. The largest absolute Gasteiger partial charge is 0.383 e. The van der Waals surface area contributed by atoms with Crippen molar-refractivity contribution in [1.29, 1.82) is 0 Å². The van der Waals surface area contributed by atoms with E-state index in [9.17, 15) is 9.59 Å². The van der Waals surface area contributed by atoms with Gasteiger partial charge in [0.05, 0.1) is 22.3 Å². The molecule has 24 heavy (non-hydrogen) atoms. The van der Waals surface area contributed by atoms with Crippen molar-refractivity contribution in [2.24, 2.45) is 11.8 Å². The number of amides is 2.